The lowest BCUT2D eigenvalue weighted by molar-refractivity contribution is 0.0733. The van der Waals surface area contributed by atoms with E-state index >= 15 is 0 Å². The number of nitrogens with one attached hydrogen (secondary N) is 1. The number of thiazole rings is 1. The smallest absolute Gasteiger partial charge is 0.303 e. The summed E-state index contributed by atoms with van der Waals surface area (Å²) < 4.78 is 39.6. The molecule has 1 N–H and O–H groups in total. The molecule has 0 radical (unpaired) electrons. The number of benzene rings is 1. The highest BCUT2D eigenvalue weighted by Gasteiger charge is 2.25. The normalized spacial score (nSPS) is 17.0. The van der Waals surface area contributed by atoms with E-state index in [1.165, 1.54) is 15.6 Å². The average molecular weight is 329 g/mol. The number of hydrogen-bond donors (Lipinski definition) is 1. The number of rotatable bonds is 4. The highest BCUT2D eigenvalue weighted by Crippen LogP contribution is 2.29. The maximum absolute atomic E-state index is 12.3. The molecule has 1 aromatic heterocycles. The number of morpholine rings is 1. The molecule has 0 bridgehead atoms. The number of anilines is 1. The van der Waals surface area contributed by atoms with Crippen molar-refractivity contribution in [3.05, 3.63) is 18.2 Å². The molecule has 7 nitrogen and oxygen atoms in total. The van der Waals surface area contributed by atoms with Gasteiger partial charge in [0.2, 0.25) is 0 Å². The van der Waals surface area contributed by atoms with Gasteiger partial charge in [-0.3, -0.25) is 0 Å². The minimum Gasteiger partial charge on any atom is -0.497 e. The van der Waals surface area contributed by atoms with Gasteiger partial charge in [-0.05, 0) is 18.2 Å². The summed E-state index contributed by atoms with van der Waals surface area (Å²) in [5, 5.41) is 0.352. The van der Waals surface area contributed by atoms with E-state index in [1.807, 2.05) is 6.07 Å². The van der Waals surface area contributed by atoms with E-state index in [0.717, 1.165) is 10.2 Å². The van der Waals surface area contributed by atoms with Crippen molar-refractivity contribution in [2.24, 2.45) is 0 Å². The SMILES string of the molecule is COc1ccc2nc(NS(=O)(=O)N3CCOCC3)sc2c1. The topological polar surface area (TPSA) is 80.8 Å². The third-order valence-corrected chi connectivity index (χ3v) is 5.68. The Morgan fingerprint density at radius 1 is 1.38 bits per heavy atom. The van der Waals surface area contributed by atoms with Crippen molar-refractivity contribution < 1.29 is 17.9 Å². The van der Waals surface area contributed by atoms with E-state index in [0.29, 0.717) is 37.2 Å². The van der Waals surface area contributed by atoms with E-state index in [1.54, 1.807) is 19.2 Å². The molecule has 1 saturated heterocycles. The molecule has 1 aromatic carbocycles. The summed E-state index contributed by atoms with van der Waals surface area (Å²) in [4.78, 5) is 4.28. The Bertz CT molecular complexity index is 738. The lowest BCUT2D eigenvalue weighted by atomic mass is 10.3. The first kappa shape index (κ1) is 14.5. The summed E-state index contributed by atoms with van der Waals surface area (Å²) in [7, 11) is -1.99. The van der Waals surface area contributed by atoms with Gasteiger partial charge in [0.15, 0.2) is 5.13 Å². The van der Waals surface area contributed by atoms with Crippen molar-refractivity contribution in [1.29, 1.82) is 0 Å². The molecule has 0 unspecified atom stereocenters. The molecular weight excluding hydrogens is 314 g/mol. The van der Waals surface area contributed by atoms with Crippen LogP contribution < -0.4 is 9.46 Å². The summed E-state index contributed by atoms with van der Waals surface area (Å²) in [5.41, 5.74) is 0.737. The van der Waals surface area contributed by atoms with Crippen molar-refractivity contribution >= 4 is 36.9 Å². The standard InChI is InChI=1S/C12H15N3O4S2/c1-18-9-2-3-10-11(8-9)20-12(13-10)14-21(16,17)15-4-6-19-7-5-15/h2-3,8H,4-7H2,1H3,(H,13,14). The number of fused-ring (bicyclic) bond motifs is 1. The molecule has 2 aromatic rings. The molecule has 2 heterocycles. The Hall–Kier alpha value is -1.42. The molecule has 1 aliphatic rings. The highest BCUT2D eigenvalue weighted by atomic mass is 32.2. The Balaban J connectivity index is 1.83. The Morgan fingerprint density at radius 3 is 2.86 bits per heavy atom. The number of methoxy groups -OCH3 is 1. The van der Waals surface area contributed by atoms with E-state index < -0.39 is 10.2 Å². The van der Waals surface area contributed by atoms with Gasteiger partial charge in [0.25, 0.3) is 0 Å². The number of nitrogens with zero attached hydrogens (tertiary/aromatic N) is 2. The van der Waals surface area contributed by atoms with Gasteiger partial charge >= 0.3 is 10.2 Å². The third-order valence-electron chi connectivity index (χ3n) is 3.12. The zero-order valence-electron chi connectivity index (χ0n) is 11.4. The molecule has 0 atom stereocenters. The second-order valence-corrected chi connectivity index (χ2v) is 7.17. The van der Waals surface area contributed by atoms with Gasteiger partial charge < -0.3 is 9.47 Å². The van der Waals surface area contributed by atoms with Crippen LogP contribution in [0.2, 0.25) is 0 Å². The molecule has 9 heteroatoms. The largest absolute Gasteiger partial charge is 0.497 e. The number of aromatic nitrogens is 1. The van der Waals surface area contributed by atoms with E-state index in [-0.39, 0.29) is 0 Å². The van der Waals surface area contributed by atoms with Crippen molar-refractivity contribution in [3.8, 4) is 5.75 Å². The van der Waals surface area contributed by atoms with Gasteiger partial charge in [-0.2, -0.15) is 12.7 Å². The Kier molecular flexibility index (Phi) is 3.98. The zero-order valence-corrected chi connectivity index (χ0v) is 13.0. The van der Waals surface area contributed by atoms with Gasteiger partial charge in [0.05, 0.1) is 30.5 Å². The summed E-state index contributed by atoms with van der Waals surface area (Å²) in [6.07, 6.45) is 0. The Labute approximate surface area is 126 Å². The molecule has 0 spiro atoms. The molecule has 0 aliphatic carbocycles. The molecular formula is C12H15N3O4S2. The first-order chi connectivity index (χ1) is 10.1. The maximum atomic E-state index is 12.3. The van der Waals surface area contributed by atoms with Crippen LogP contribution in [0.3, 0.4) is 0 Å². The molecule has 21 heavy (non-hydrogen) atoms. The lowest BCUT2D eigenvalue weighted by Crippen LogP contribution is -2.43. The van der Waals surface area contributed by atoms with Crippen LogP contribution in [0.4, 0.5) is 5.13 Å². The van der Waals surface area contributed by atoms with Crippen molar-refractivity contribution in [2.45, 2.75) is 0 Å². The average Bonchev–Trinajstić information content (AvgIpc) is 2.88. The van der Waals surface area contributed by atoms with Crippen LogP contribution in [-0.2, 0) is 14.9 Å². The van der Waals surface area contributed by atoms with Crippen LogP contribution >= 0.6 is 11.3 Å². The van der Waals surface area contributed by atoms with Crippen LogP contribution in [0.1, 0.15) is 0 Å². The predicted octanol–water partition coefficient (Wildman–Crippen LogP) is 1.29. The minimum absolute atomic E-state index is 0.352. The van der Waals surface area contributed by atoms with E-state index in [4.69, 9.17) is 9.47 Å². The molecule has 0 amide bonds. The predicted molar refractivity (Wildman–Crippen MR) is 81.1 cm³/mol. The summed E-state index contributed by atoms with van der Waals surface area (Å²) in [5.74, 6) is 0.716. The summed E-state index contributed by atoms with van der Waals surface area (Å²) >= 11 is 1.28. The van der Waals surface area contributed by atoms with E-state index in [2.05, 4.69) is 9.71 Å². The fourth-order valence-corrected chi connectivity index (χ4v) is 4.29. The summed E-state index contributed by atoms with van der Waals surface area (Å²) in [6.45, 7) is 1.54. The number of ether oxygens (including phenoxy) is 2. The van der Waals surface area contributed by atoms with Gasteiger partial charge in [-0.15, -0.1) is 0 Å². The van der Waals surface area contributed by atoms with Crippen LogP contribution in [0.15, 0.2) is 18.2 Å². The Morgan fingerprint density at radius 2 is 2.14 bits per heavy atom. The van der Waals surface area contributed by atoms with Crippen molar-refractivity contribution in [2.75, 3.05) is 38.1 Å². The van der Waals surface area contributed by atoms with Gasteiger partial charge in [0.1, 0.15) is 5.75 Å². The fraction of sp³-hybridized carbons (Fsp3) is 0.417. The lowest BCUT2D eigenvalue weighted by Gasteiger charge is -2.25. The second kappa shape index (κ2) is 5.76. The van der Waals surface area contributed by atoms with Crippen LogP contribution in [0, 0.1) is 0 Å². The van der Waals surface area contributed by atoms with Gasteiger partial charge in [0, 0.05) is 13.1 Å². The van der Waals surface area contributed by atoms with Crippen LogP contribution in [0.5, 0.6) is 5.75 Å². The fourth-order valence-electron chi connectivity index (χ4n) is 2.04. The van der Waals surface area contributed by atoms with Gasteiger partial charge in [-0.1, -0.05) is 11.3 Å². The first-order valence-corrected chi connectivity index (χ1v) is 8.64. The van der Waals surface area contributed by atoms with Crippen molar-refractivity contribution in [3.63, 3.8) is 0 Å². The minimum atomic E-state index is -3.58. The van der Waals surface area contributed by atoms with E-state index in [9.17, 15) is 8.42 Å². The molecule has 114 valence electrons. The quantitative estimate of drug-likeness (QED) is 0.914. The molecule has 0 saturated carbocycles. The second-order valence-electron chi connectivity index (χ2n) is 4.47. The molecule has 1 fully saturated rings. The maximum Gasteiger partial charge on any atom is 0.303 e. The first-order valence-electron chi connectivity index (χ1n) is 6.39. The highest BCUT2D eigenvalue weighted by molar-refractivity contribution is 7.90. The summed E-state index contributed by atoms with van der Waals surface area (Å²) in [6, 6.07) is 5.43. The van der Waals surface area contributed by atoms with Crippen LogP contribution in [0.25, 0.3) is 10.2 Å². The van der Waals surface area contributed by atoms with Gasteiger partial charge in [-0.25, -0.2) is 9.71 Å². The number of hydrogen-bond acceptors (Lipinski definition) is 6. The molecule has 3 rings (SSSR count). The molecule has 1 aliphatic heterocycles. The third kappa shape index (κ3) is 3.10. The zero-order chi connectivity index (χ0) is 14.9. The monoisotopic (exact) mass is 329 g/mol. The van der Waals surface area contributed by atoms with Crippen molar-refractivity contribution in [1.82, 2.24) is 9.29 Å². The van der Waals surface area contributed by atoms with Crippen LogP contribution in [-0.4, -0.2) is 51.1 Å².